The fourth-order valence-electron chi connectivity index (χ4n) is 1.81. The molecule has 1 heterocycles. The Kier molecular flexibility index (Phi) is 3.99. The molecule has 4 nitrogen and oxygen atoms in total. The first kappa shape index (κ1) is 13.7. The second-order valence-electron chi connectivity index (χ2n) is 4.31. The molecule has 0 saturated heterocycles. The van der Waals surface area contributed by atoms with E-state index in [1.54, 1.807) is 4.68 Å². The number of hydrogen-bond donors (Lipinski definition) is 1. The van der Waals surface area contributed by atoms with E-state index in [0.29, 0.717) is 10.6 Å². The maximum absolute atomic E-state index is 13.2. The molecular formula is C13H16FN3OS. The minimum absolute atomic E-state index is 0.280. The first-order chi connectivity index (χ1) is 8.99. The van der Waals surface area contributed by atoms with Gasteiger partial charge in [-0.25, -0.2) is 4.39 Å². The summed E-state index contributed by atoms with van der Waals surface area (Å²) in [6.07, 6.45) is 0.827. The van der Waals surface area contributed by atoms with E-state index in [4.69, 9.17) is 5.73 Å². The van der Waals surface area contributed by atoms with Crippen molar-refractivity contribution >= 4 is 16.5 Å². The summed E-state index contributed by atoms with van der Waals surface area (Å²) >= 11 is 0. The molecule has 0 radical (unpaired) electrons. The third kappa shape index (κ3) is 3.20. The van der Waals surface area contributed by atoms with Gasteiger partial charge in [-0.3, -0.25) is 8.89 Å². The molecule has 0 aliphatic rings. The van der Waals surface area contributed by atoms with Crippen LogP contribution in [0, 0.1) is 5.82 Å². The second kappa shape index (κ2) is 5.52. The molecular weight excluding hydrogens is 265 g/mol. The number of rotatable bonds is 4. The molecule has 0 amide bonds. The van der Waals surface area contributed by atoms with E-state index < -0.39 is 16.6 Å². The van der Waals surface area contributed by atoms with E-state index in [1.807, 2.05) is 20.0 Å². The quantitative estimate of drug-likeness (QED) is 0.872. The highest BCUT2D eigenvalue weighted by atomic mass is 32.2. The number of nitrogens with two attached hydrogens (primary N) is 1. The molecule has 0 fully saturated rings. The summed E-state index contributed by atoms with van der Waals surface area (Å²) < 4.78 is 27.2. The lowest BCUT2D eigenvalue weighted by Gasteiger charge is -2.04. The Bertz CT molecular complexity index is 604. The van der Waals surface area contributed by atoms with Gasteiger partial charge in [-0.05, 0) is 30.7 Å². The van der Waals surface area contributed by atoms with Gasteiger partial charge in [0, 0.05) is 17.6 Å². The van der Waals surface area contributed by atoms with E-state index in [1.165, 1.54) is 18.2 Å². The van der Waals surface area contributed by atoms with Crippen LogP contribution in [0.3, 0.4) is 0 Å². The van der Waals surface area contributed by atoms with Crippen LogP contribution in [-0.4, -0.2) is 14.0 Å². The highest BCUT2D eigenvalue weighted by Gasteiger charge is 2.11. The lowest BCUT2D eigenvalue weighted by Crippen LogP contribution is -2.04. The van der Waals surface area contributed by atoms with Crippen LogP contribution >= 0.6 is 0 Å². The number of aryl methyl sites for hydroxylation is 2. The van der Waals surface area contributed by atoms with Crippen molar-refractivity contribution in [2.75, 3.05) is 5.73 Å². The van der Waals surface area contributed by atoms with Crippen LogP contribution in [0.15, 0.2) is 29.2 Å². The van der Waals surface area contributed by atoms with Crippen molar-refractivity contribution in [2.45, 2.75) is 24.0 Å². The van der Waals surface area contributed by atoms with Crippen LogP contribution in [0.4, 0.5) is 10.1 Å². The third-order valence-electron chi connectivity index (χ3n) is 2.83. The average Bonchev–Trinajstić information content (AvgIpc) is 2.69. The Morgan fingerprint density at radius 1 is 1.37 bits per heavy atom. The molecule has 0 aliphatic heterocycles. The van der Waals surface area contributed by atoms with Gasteiger partial charge in [0.05, 0.1) is 27.9 Å². The first-order valence-corrected chi connectivity index (χ1v) is 7.27. The average molecular weight is 281 g/mol. The van der Waals surface area contributed by atoms with E-state index >= 15 is 0 Å². The molecule has 19 heavy (non-hydrogen) atoms. The molecule has 6 heteroatoms. The van der Waals surface area contributed by atoms with Gasteiger partial charge in [-0.2, -0.15) is 5.10 Å². The largest absolute Gasteiger partial charge is 0.399 e. The van der Waals surface area contributed by atoms with E-state index in [0.717, 1.165) is 17.8 Å². The first-order valence-electron chi connectivity index (χ1n) is 5.96. The van der Waals surface area contributed by atoms with Gasteiger partial charge in [0.2, 0.25) is 0 Å². The molecule has 0 spiro atoms. The summed E-state index contributed by atoms with van der Waals surface area (Å²) in [5.41, 5.74) is 7.65. The standard InChI is InChI=1S/C13H16FN3OS/c1-3-11-7-12(17(2)16-11)8-19(18)13-5-9(14)4-10(15)6-13/h4-7H,3,8,15H2,1-2H3. The Labute approximate surface area is 113 Å². The second-order valence-corrected chi connectivity index (χ2v) is 5.77. The number of anilines is 1. The van der Waals surface area contributed by atoms with Gasteiger partial charge < -0.3 is 5.73 Å². The zero-order valence-corrected chi connectivity index (χ0v) is 11.7. The Morgan fingerprint density at radius 3 is 2.68 bits per heavy atom. The van der Waals surface area contributed by atoms with Gasteiger partial charge in [-0.15, -0.1) is 0 Å². The summed E-state index contributed by atoms with van der Waals surface area (Å²) in [7, 11) is 0.476. The summed E-state index contributed by atoms with van der Waals surface area (Å²) in [4.78, 5) is 0.400. The lowest BCUT2D eigenvalue weighted by atomic mass is 10.3. The van der Waals surface area contributed by atoms with E-state index in [9.17, 15) is 8.60 Å². The molecule has 0 saturated carbocycles. The van der Waals surface area contributed by atoms with E-state index in [-0.39, 0.29) is 5.69 Å². The molecule has 102 valence electrons. The summed E-state index contributed by atoms with van der Waals surface area (Å²) in [6, 6.07) is 5.92. The van der Waals surface area contributed by atoms with Crippen molar-refractivity contribution in [3.05, 3.63) is 41.5 Å². The topological polar surface area (TPSA) is 60.9 Å². The number of benzene rings is 1. The molecule has 1 aromatic carbocycles. The van der Waals surface area contributed by atoms with Crippen LogP contribution in [0.5, 0.6) is 0 Å². The third-order valence-corrected chi connectivity index (χ3v) is 4.14. The zero-order valence-electron chi connectivity index (χ0n) is 10.9. The monoisotopic (exact) mass is 281 g/mol. The summed E-state index contributed by atoms with van der Waals surface area (Å²) in [6.45, 7) is 2.01. The van der Waals surface area contributed by atoms with Crippen molar-refractivity contribution in [2.24, 2.45) is 7.05 Å². The summed E-state index contributed by atoms with van der Waals surface area (Å²) in [5, 5.41) is 4.29. The van der Waals surface area contributed by atoms with Crippen LogP contribution in [0.1, 0.15) is 18.3 Å². The zero-order chi connectivity index (χ0) is 14.0. The van der Waals surface area contributed by atoms with Crippen molar-refractivity contribution in [3.8, 4) is 0 Å². The Balaban J connectivity index is 2.22. The number of nitrogens with zero attached hydrogens (tertiary/aromatic N) is 2. The van der Waals surface area contributed by atoms with Gasteiger partial charge in [0.1, 0.15) is 5.82 Å². The molecule has 2 aromatic rings. The fourth-order valence-corrected chi connectivity index (χ4v) is 3.03. The molecule has 2 N–H and O–H groups in total. The molecule has 1 atom stereocenters. The van der Waals surface area contributed by atoms with Crippen molar-refractivity contribution in [1.82, 2.24) is 9.78 Å². The maximum Gasteiger partial charge on any atom is 0.126 e. The molecule has 1 unspecified atom stereocenters. The smallest absolute Gasteiger partial charge is 0.126 e. The number of halogens is 1. The summed E-state index contributed by atoms with van der Waals surface area (Å²) in [5.74, 6) is -0.172. The van der Waals surface area contributed by atoms with Crippen LogP contribution in [0.25, 0.3) is 0 Å². The van der Waals surface area contributed by atoms with Crippen LogP contribution in [0.2, 0.25) is 0 Å². The SMILES string of the molecule is CCc1cc(CS(=O)c2cc(N)cc(F)c2)n(C)n1. The lowest BCUT2D eigenvalue weighted by molar-refractivity contribution is 0.623. The van der Waals surface area contributed by atoms with Crippen LogP contribution < -0.4 is 5.73 Å². The van der Waals surface area contributed by atoms with Crippen molar-refractivity contribution in [1.29, 1.82) is 0 Å². The van der Waals surface area contributed by atoms with Gasteiger partial charge in [-0.1, -0.05) is 6.92 Å². The predicted molar refractivity (Wildman–Crippen MR) is 73.5 cm³/mol. The highest BCUT2D eigenvalue weighted by Crippen LogP contribution is 2.17. The van der Waals surface area contributed by atoms with E-state index in [2.05, 4.69) is 5.10 Å². The number of aromatic nitrogens is 2. The minimum Gasteiger partial charge on any atom is -0.399 e. The Hall–Kier alpha value is -1.69. The van der Waals surface area contributed by atoms with Gasteiger partial charge in [0.15, 0.2) is 0 Å². The normalized spacial score (nSPS) is 12.6. The molecule has 1 aromatic heterocycles. The minimum atomic E-state index is -1.33. The van der Waals surface area contributed by atoms with Gasteiger partial charge in [0.25, 0.3) is 0 Å². The number of hydrogen-bond acceptors (Lipinski definition) is 3. The number of nitrogen functional groups attached to an aromatic ring is 1. The fraction of sp³-hybridized carbons (Fsp3) is 0.308. The van der Waals surface area contributed by atoms with Gasteiger partial charge >= 0.3 is 0 Å². The maximum atomic E-state index is 13.2. The van der Waals surface area contributed by atoms with Crippen molar-refractivity contribution < 1.29 is 8.60 Å². The molecule has 0 aliphatic carbocycles. The van der Waals surface area contributed by atoms with Crippen LogP contribution in [-0.2, 0) is 30.0 Å². The van der Waals surface area contributed by atoms with Crippen molar-refractivity contribution in [3.63, 3.8) is 0 Å². The highest BCUT2D eigenvalue weighted by molar-refractivity contribution is 7.84. The Morgan fingerprint density at radius 2 is 2.11 bits per heavy atom. The predicted octanol–water partition coefficient (Wildman–Crippen LogP) is 2.01. The molecule has 2 rings (SSSR count). The molecule has 0 bridgehead atoms.